The largest absolute Gasteiger partial charge is 0.477 e. The van der Waals surface area contributed by atoms with E-state index in [4.69, 9.17) is 0 Å². The molecule has 0 saturated carbocycles. The molecule has 0 unspecified atom stereocenters. The Kier molecular flexibility index (Phi) is 3.38. The molecule has 2 aromatic rings. The number of carboxylic acid groups (broad SMARTS) is 1. The zero-order chi connectivity index (χ0) is 14.2. The van der Waals surface area contributed by atoms with Crippen molar-refractivity contribution in [3.63, 3.8) is 0 Å². The first-order chi connectivity index (χ1) is 8.91. The number of carbonyl (C=O) groups excluding carboxylic acids is 1. The van der Waals surface area contributed by atoms with Crippen molar-refractivity contribution < 1.29 is 19.1 Å². The lowest BCUT2D eigenvalue weighted by Gasteiger charge is -2.07. The van der Waals surface area contributed by atoms with E-state index in [9.17, 15) is 19.1 Å². The number of aromatic nitrogens is 1. The summed E-state index contributed by atoms with van der Waals surface area (Å²) in [5.41, 5.74) is 1.27. The van der Waals surface area contributed by atoms with Crippen LogP contribution in [0.25, 0.3) is 10.9 Å². The summed E-state index contributed by atoms with van der Waals surface area (Å²) in [7, 11) is 0. The number of hydrogen-bond donors (Lipinski definition) is 1. The molecule has 0 bridgehead atoms. The van der Waals surface area contributed by atoms with Crippen LogP contribution >= 0.6 is 0 Å². The third-order valence-corrected chi connectivity index (χ3v) is 3.17. The Morgan fingerprint density at radius 2 is 2.05 bits per heavy atom. The van der Waals surface area contributed by atoms with Crippen molar-refractivity contribution in [3.8, 4) is 0 Å². The predicted octanol–water partition coefficient (Wildman–Crippen LogP) is 2.77. The summed E-state index contributed by atoms with van der Waals surface area (Å²) < 4.78 is 14.8. The van der Waals surface area contributed by atoms with Crippen LogP contribution in [-0.4, -0.2) is 21.4 Å². The van der Waals surface area contributed by atoms with Crippen molar-refractivity contribution in [2.45, 2.75) is 26.8 Å². The molecule has 0 radical (unpaired) electrons. The summed E-state index contributed by atoms with van der Waals surface area (Å²) in [6.07, 6.45) is 0.251. The van der Waals surface area contributed by atoms with Crippen LogP contribution in [0.2, 0.25) is 0 Å². The van der Waals surface area contributed by atoms with Gasteiger partial charge in [-0.1, -0.05) is 0 Å². The first-order valence-corrected chi connectivity index (χ1v) is 5.93. The van der Waals surface area contributed by atoms with E-state index in [1.54, 1.807) is 17.6 Å². The molecule has 0 aliphatic carbocycles. The van der Waals surface area contributed by atoms with Gasteiger partial charge in [-0.15, -0.1) is 0 Å². The maximum Gasteiger partial charge on any atom is 0.352 e. The number of nitrogens with zero attached hydrogens (tertiary/aromatic N) is 1. The Labute approximate surface area is 109 Å². The predicted molar refractivity (Wildman–Crippen MR) is 68.9 cm³/mol. The van der Waals surface area contributed by atoms with Gasteiger partial charge in [-0.25, -0.2) is 9.18 Å². The fourth-order valence-corrected chi connectivity index (χ4v) is 2.27. The van der Waals surface area contributed by atoms with E-state index in [-0.39, 0.29) is 24.4 Å². The molecule has 4 nitrogen and oxygen atoms in total. The summed E-state index contributed by atoms with van der Waals surface area (Å²) in [4.78, 5) is 22.4. The highest BCUT2D eigenvalue weighted by atomic mass is 19.1. The number of ketones is 1. The van der Waals surface area contributed by atoms with Crippen LogP contribution < -0.4 is 0 Å². The van der Waals surface area contributed by atoms with Crippen molar-refractivity contribution in [2.24, 2.45) is 0 Å². The Bertz CT molecular complexity index is 673. The molecular formula is C14H14FNO3. The number of hydrogen-bond acceptors (Lipinski definition) is 2. The maximum atomic E-state index is 13.3. The van der Waals surface area contributed by atoms with Crippen molar-refractivity contribution in [1.82, 2.24) is 4.57 Å². The number of carboxylic acids is 1. The van der Waals surface area contributed by atoms with Crippen molar-refractivity contribution in [3.05, 3.63) is 35.3 Å². The summed E-state index contributed by atoms with van der Waals surface area (Å²) in [5.74, 6) is -1.49. The Morgan fingerprint density at radius 1 is 1.37 bits per heavy atom. The van der Waals surface area contributed by atoms with Gasteiger partial charge in [-0.05, 0) is 37.6 Å². The summed E-state index contributed by atoms with van der Waals surface area (Å²) >= 11 is 0. The minimum atomic E-state index is -1.07. The van der Waals surface area contributed by atoms with E-state index in [1.165, 1.54) is 19.1 Å². The second-order valence-corrected chi connectivity index (χ2v) is 4.54. The van der Waals surface area contributed by atoms with Crippen LogP contribution in [0.5, 0.6) is 0 Å². The second-order valence-electron chi connectivity index (χ2n) is 4.54. The van der Waals surface area contributed by atoms with Gasteiger partial charge in [0.15, 0.2) is 0 Å². The van der Waals surface area contributed by atoms with Gasteiger partial charge in [0.05, 0.1) is 0 Å². The van der Waals surface area contributed by atoms with Crippen molar-refractivity contribution in [1.29, 1.82) is 0 Å². The van der Waals surface area contributed by atoms with Crippen LogP contribution in [0.4, 0.5) is 4.39 Å². The summed E-state index contributed by atoms with van der Waals surface area (Å²) in [6.45, 7) is 3.39. The molecule has 1 heterocycles. The fraction of sp³-hybridized carbons (Fsp3) is 0.286. The topological polar surface area (TPSA) is 59.3 Å². The number of carbonyl (C=O) groups is 2. The Morgan fingerprint density at radius 3 is 2.63 bits per heavy atom. The van der Waals surface area contributed by atoms with E-state index < -0.39 is 11.8 Å². The lowest BCUT2D eigenvalue weighted by Crippen LogP contribution is -2.11. The molecule has 1 aromatic carbocycles. The molecule has 1 aromatic heterocycles. The highest BCUT2D eigenvalue weighted by Crippen LogP contribution is 2.26. The van der Waals surface area contributed by atoms with E-state index in [2.05, 4.69) is 0 Å². The molecule has 100 valence electrons. The molecule has 0 spiro atoms. The molecule has 5 heteroatoms. The van der Waals surface area contributed by atoms with Crippen LogP contribution in [0.15, 0.2) is 18.2 Å². The normalized spacial score (nSPS) is 10.9. The molecule has 1 N–H and O–H groups in total. The zero-order valence-corrected chi connectivity index (χ0v) is 10.7. The number of halogens is 1. The molecule has 0 aliphatic heterocycles. The zero-order valence-electron chi connectivity index (χ0n) is 10.7. The second kappa shape index (κ2) is 4.84. The quantitative estimate of drug-likeness (QED) is 0.922. The van der Waals surface area contributed by atoms with E-state index >= 15 is 0 Å². The number of Topliss-reactive ketones (excluding diaryl/α,β-unsaturated/α-hetero) is 1. The van der Waals surface area contributed by atoms with Crippen molar-refractivity contribution in [2.75, 3.05) is 0 Å². The highest BCUT2D eigenvalue weighted by Gasteiger charge is 2.19. The fourth-order valence-electron chi connectivity index (χ4n) is 2.27. The summed E-state index contributed by atoms with van der Waals surface area (Å²) in [5, 5.41) is 9.85. The molecular weight excluding hydrogens is 249 g/mol. The number of benzene rings is 1. The Hall–Kier alpha value is -2.17. The number of aryl methyl sites for hydroxylation is 2. The van der Waals surface area contributed by atoms with Crippen LogP contribution in [0.3, 0.4) is 0 Å². The van der Waals surface area contributed by atoms with E-state index in [1.807, 2.05) is 0 Å². The van der Waals surface area contributed by atoms with Gasteiger partial charge in [0, 0.05) is 23.9 Å². The average Bonchev–Trinajstić information content (AvgIpc) is 2.59. The number of rotatable bonds is 4. The molecule has 0 aliphatic rings. The van der Waals surface area contributed by atoms with Crippen LogP contribution in [0, 0.1) is 12.7 Å². The molecule has 0 amide bonds. The molecule has 0 fully saturated rings. The van der Waals surface area contributed by atoms with E-state index in [0.717, 1.165) is 0 Å². The third kappa shape index (κ3) is 2.36. The smallest absolute Gasteiger partial charge is 0.352 e. The minimum absolute atomic E-state index is 0.0158. The van der Waals surface area contributed by atoms with Crippen molar-refractivity contribution >= 4 is 22.7 Å². The van der Waals surface area contributed by atoms with Gasteiger partial charge in [0.2, 0.25) is 0 Å². The third-order valence-electron chi connectivity index (χ3n) is 3.17. The van der Waals surface area contributed by atoms with E-state index in [0.29, 0.717) is 16.5 Å². The lowest BCUT2D eigenvalue weighted by atomic mass is 10.1. The SMILES string of the molecule is CC(=O)CCn1c(C(=O)O)c(C)c2cc(F)ccc21. The maximum absolute atomic E-state index is 13.3. The van der Waals surface area contributed by atoms with Gasteiger partial charge < -0.3 is 9.67 Å². The molecule has 0 saturated heterocycles. The number of aromatic carboxylic acids is 1. The van der Waals surface area contributed by atoms with Crippen LogP contribution in [0.1, 0.15) is 29.4 Å². The first kappa shape index (κ1) is 13.3. The standard InChI is InChI=1S/C14H14FNO3/c1-8(17)5-6-16-12-4-3-10(15)7-11(12)9(2)13(16)14(18)19/h3-4,7H,5-6H2,1-2H3,(H,18,19). The number of fused-ring (bicyclic) bond motifs is 1. The molecule has 0 atom stereocenters. The van der Waals surface area contributed by atoms with Gasteiger partial charge in [0.25, 0.3) is 0 Å². The lowest BCUT2D eigenvalue weighted by molar-refractivity contribution is -0.117. The minimum Gasteiger partial charge on any atom is -0.477 e. The van der Waals surface area contributed by atoms with Gasteiger partial charge in [0.1, 0.15) is 17.3 Å². The highest BCUT2D eigenvalue weighted by molar-refractivity contribution is 5.98. The van der Waals surface area contributed by atoms with Gasteiger partial charge >= 0.3 is 5.97 Å². The first-order valence-electron chi connectivity index (χ1n) is 5.93. The summed E-state index contributed by atoms with van der Waals surface area (Å²) in [6, 6.07) is 4.16. The van der Waals surface area contributed by atoms with Gasteiger partial charge in [-0.3, -0.25) is 4.79 Å². The average molecular weight is 263 g/mol. The molecule has 19 heavy (non-hydrogen) atoms. The Balaban J connectivity index is 2.67. The van der Waals surface area contributed by atoms with Gasteiger partial charge in [-0.2, -0.15) is 0 Å². The van der Waals surface area contributed by atoms with Crippen LogP contribution in [-0.2, 0) is 11.3 Å². The molecule has 2 rings (SSSR count). The monoisotopic (exact) mass is 263 g/mol.